The summed E-state index contributed by atoms with van der Waals surface area (Å²) < 4.78 is 0. The number of amides is 1. The van der Waals surface area contributed by atoms with Crippen molar-refractivity contribution in [3.05, 3.63) is 71.8 Å². The van der Waals surface area contributed by atoms with Crippen LogP contribution in [0.25, 0.3) is 0 Å². The summed E-state index contributed by atoms with van der Waals surface area (Å²) in [5, 5.41) is 21.2. The third kappa shape index (κ3) is 5.46. The molecule has 2 rings (SSSR count). The topological polar surface area (TPSA) is 104 Å². The molecule has 0 fully saturated rings. The van der Waals surface area contributed by atoms with Gasteiger partial charge in [-0.05, 0) is 30.5 Å². The third-order valence-corrected chi connectivity index (χ3v) is 3.83. The molecular formula is C19H19NO5. The minimum absolute atomic E-state index is 0.196. The molecule has 0 saturated heterocycles. The molecule has 2 aromatic carbocycles. The first kappa shape index (κ1) is 18.2. The molecule has 0 aliphatic heterocycles. The second kappa shape index (κ2) is 8.63. The largest absolute Gasteiger partial charge is 0.481 e. The van der Waals surface area contributed by atoms with E-state index in [9.17, 15) is 24.6 Å². The molecule has 0 heterocycles. The average Bonchev–Trinajstić information content (AvgIpc) is 2.61. The van der Waals surface area contributed by atoms with Crippen molar-refractivity contribution in [3.8, 4) is 0 Å². The van der Waals surface area contributed by atoms with E-state index in [1.54, 1.807) is 54.6 Å². The highest BCUT2D eigenvalue weighted by Crippen LogP contribution is 2.16. The molecule has 0 aliphatic rings. The van der Waals surface area contributed by atoms with Gasteiger partial charge in [0.25, 0.3) is 5.91 Å². The van der Waals surface area contributed by atoms with Crippen LogP contribution in [-0.4, -0.2) is 34.1 Å². The van der Waals surface area contributed by atoms with Gasteiger partial charge in [0.15, 0.2) is 0 Å². The number of hydrogen-bond acceptors (Lipinski definition) is 3. The number of carboxylic acids is 2. The number of rotatable bonds is 8. The number of benzene rings is 2. The standard InChI is InChI=1S/C19H19NO5/c21-17(14-9-5-2-6-10-14)20-16(19(24)25)12-15(18(22)23)11-13-7-3-1-4-8-13/h1-10,15-16H,11-12H2,(H,20,21)(H,22,23)(H,24,25)/t15?,16-/m1/s1. The van der Waals surface area contributed by atoms with E-state index in [1.165, 1.54) is 0 Å². The smallest absolute Gasteiger partial charge is 0.326 e. The molecule has 6 nitrogen and oxygen atoms in total. The summed E-state index contributed by atoms with van der Waals surface area (Å²) in [6.45, 7) is 0. The zero-order valence-corrected chi connectivity index (χ0v) is 13.5. The first-order valence-corrected chi connectivity index (χ1v) is 7.83. The quantitative estimate of drug-likeness (QED) is 0.683. The van der Waals surface area contributed by atoms with Gasteiger partial charge in [-0.25, -0.2) is 4.79 Å². The Labute approximate surface area is 145 Å². The van der Waals surface area contributed by atoms with Crippen molar-refractivity contribution in [1.29, 1.82) is 0 Å². The Balaban J connectivity index is 2.08. The van der Waals surface area contributed by atoms with Crippen LogP contribution in [0.3, 0.4) is 0 Å². The first-order valence-electron chi connectivity index (χ1n) is 7.83. The molecule has 0 aromatic heterocycles. The van der Waals surface area contributed by atoms with Gasteiger partial charge in [-0.2, -0.15) is 0 Å². The van der Waals surface area contributed by atoms with E-state index >= 15 is 0 Å². The molecule has 0 bridgehead atoms. The maximum Gasteiger partial charge on any atom is 0.326 e. The Kier molecular flexibility index (Phi) is 6.28. The summed E-state index contributed by atoms with van der Waals surface area (Å²) in [5.74, 6) is -3.82. The molecule has 3 N–H and O–H groups in total. The van der Waals surface area contributed by atoms with Gasteiger partial charge in [-0.1, -0.05) is 48.5 Å². The molecule has 2 aromatic rings. The summed E-state index contributed by atoms with van der Waals surface area (Å²) in [6.07, 6.45) is -0.000699. The van der Waals surface area contributed by atoms with Crippen LogP contribution in [0.4, 0.5) is 0 Å². The van der Waals surface area contributed by atoms with Crippen LogP contribution < -0.4 is 5.32 Å². The summed E-state index contributed by atoms with van der Waals surface area (Å²) >= 11 is 0. The Hall–Kier alpha value is -3.15. The minimum Gasteiger partial charge on any atom is -0.481 e. The molecule has 0 aliphatic carbocycles. The van der Waals surface area contributed by atoms with Gasteiger partial charge in [0.2, 0.25) is 0 Å². The lowest BCUT2D eigenvalue weighted by Gasteiger charge is -2.19. The second-order valence-corrected chi connectivity index (χ2v) is 5.69. The van der Waals surface area contributed by atoms with Gasteiger partial charge in [0.05, 0.1) is 5.92 Å². The maximum atomic E-state index is 12.1. The maximum absolute atomic E-state index is 12.1. The fraction of sp³-hybridized carbons (Fsp3) is 0.211. The Morgan fingerprint density at radius 3 is 1.92 bits per heavy atom. The number of carbonyl (C=O) groups is 3. The molecule has 25 heavy (non-hydrogen) atoms. The predicted octanol–water partition coefficient (Wildman–Crippen LogP) is 2.20. The third-order valence-electron chi connectivity index (χ3n) is 3.83. The Morgan fingerprint density at radius 1 is 0.840 bits per heavy atom. The highest BCUT2D eigenvalue weighted by molar-refractivity contribution is 5.96. The van der Waals surface area contributed by atoms with Crippen molar-refractivity contribution < 1.29 is 24.6 Å². The van der Waals surface area contributed by atoms with Gasteiger partial charge in [0.1, 0.15) is 6.04 Å². The van der Waals surface area contributed by atoms with Crippen LogP contribution in [-0.2, 0) is 16.0 Å². The van der Waals surface area contributed by atoms with Crippen LogP contribution in [0.2, 0.25) is 0 Å². The summed E-state index contributed by atoms with van der Waals surface area (Å²) in [4.78, 5) is 35.1. The van der Waals surface area contributed by atoms with E-state index in [2.05, 4.69) is 5.32 Å². The van der Waals surface area contributed by atoms with E-state index < -0.39 is 29.8 Å². The highest BCUT2D eigenvalue weighted by atomic mass is 16.4. The van der Waals surface area contributed by atoms with Crippen molar-refractivity contribution >= 4 is 17.8 Å². The lowest BCUT2D eigenvalue weighted by atomic mass is 9.92. The Morgan fingerprint density at radius 2 is 1.40 bits per heavy atom. The number of carbonyl (C=O) groups excluding carboxylic acids is 1. The molecule has 1 amide bonds. The monoisotopic (exact) mass is 341 g/mol. The number of aliphatic carboxylic acids is 2. The Bertz CT molecular complexity index is 730. The first-order chi connectivity index (χ1) is 12.0. The summed E-state index contributed by atoms with van der Waals surface area (Å²) in [7, 11) is 0. The van der Waals surface area contributed by atoms with Crippen LogP contribution in [0.1, 0.15) is 22.3 Å². The van der Waals surface area contributed by atoms with Gasteiger partial charge >= 0.3 is 11.9 Å². The fourth-order valence-corrected chi connectivity index (χ4v) is 2.51. The fourth-order valence-electron chi connectivity index (χ4n) is 2.51. The van der Waals surface area contributed by atoms with Gasteiger partial charge in [0, 0.05) is 5.56 Å². The van der Waals surface area contributed by atoms with Gasteiger partial charge < -0.3 is 15.5 Å². The summed E-state index contributed by atoms with van der Waals surface area (Å²) in [5.41, 5.74) is 1.12. The van der Waals surface area contributed by atoms with Crippen LogP contribution >= 0.6 is 0 Å². The van der Waals surface area contributed by atoms with E-state index in [-0.39, 0.29) is 12.8 Å². The van der Waals surface area contributed by atoms with Crippen LogP contribution in [0.5, 0.6) is 0 Å². The average molecular weight is 341 g/mol. The lowest BCUT2D eigenvalue weighted by molar-refractivity contribution is -0.144. The van der Waals surface area contributed by atoms with E-state index in [1.807, 2.05) is 6.07 Å². The molecule has 1 unspecified atom stereocenters. The molecular weight excluding hydrogens is 322 g/mol. The normalized spacial score (nSPS) is 12.8. The van der Waals surface area contributed by atoms with Crippen molar-refractivity contribution in [3.63, 3.8) is 0 Å². The molecule has 0 saturated carbocycles. The molecule has 2 atom stereocenters. The van der Waals surface area contributed by atoms with E-state index in [0.29, 0.717) is 5.56 Å². The van der Waals surface area contributed by atoms with Crippen molar-refractivity contribution in [2.75, 3.05) is 0 Å². The molecule has 6 heteroatoms. The summed E-state index contributed by atoms with van der Waals surface area (Å²) in [6, 6.07) is 15.9. The lowest BCUT2D eigenvalue weighted by Crippen LogP contribution is -2.43. The molecule has 130 valence electrons. The second-order valence-electron chi connectivity index (χ2n) is 5.69. The number of nitrogens with one attached hydrogen (secondary N) is 1. The SMILES string of the molecule is O=C(N[C@H](CC(Cc1ccccc1)C(=O)O)C(=O)O)c1ccccc1. The minimum atomic E-state index is -1.28. The zero-order valence-electron chi connectivity index (χ0n) is 13.5. The van der Waals surface area contributed by atoms with E-state index in [4.69, 9.17) is 0 Å². The van der Waals surface area contributed by atoms with E-state index in [0.717, 1.165) is 5.56 Å². The molecule has 0 radical (unpaired) electrons. The molecule has 0 spiro atoms. The van der Waals surface area contributed by atoms with Crippen LogP contribution in [0, 0.1) is 5.92 Å². The van der Waals surface area contributed by atoms with Crippen LogP contribution in [0.15, 0.2) is 60.7 Å². The van der Waals surface area contributed by atoms with Gasteiger partial charge in [-0.3, -0.25) is 9.59 Å². The van der Waals surface area contributed by atoms with Crippen molar-refractivity contribution in [2.45, 2.75) is 18.9 Å². The van der Waals surface area contributed by atoms with Gasteiger partial charge in [-0.15, -0.1) is 0 Å². The predicted molar refractivity (Wildman–Crippen MR) is 91.2 cm³/mol. The number of hydrogen-bond donors (Lipinski definition) is 3. The van der Waals surface area contributed by atoms with Crippen molar-refractivity contribution in [2.24, 2.45) is 5.92 Å². The zero-order chi connectivity index (χ0) is 18.2. The highest BCUT2D eigenvalue weighted by Gasteiger charge is 2.28. The van der Waals surface area contributed by atoms with Crippen molar-refractivity contribution in [1.82, 2.24) is 5.32 Å². The number of carboxylic acid groups (broad SMARTS) is 2.